The second-order valence-electron chi connectivity index (χ2n) is 5.78. The Morgan fingerprint density at radius 3 is 2.75 bits per heavy atom. The van der Waals surface area contributed by atoms with Crippen molar-refractivity contribution in [3.05, 3.63) is 76.3 Å². The van der Waals surface area contributed by atoms with Gasteiger partial charge in [-0.25, -0.2) is 0 Å². The number of fused-ring (bicyclic) bond motifs is 1. The van der Waals surface area contributed by atoms with Gasteiger partial charge in [-0.05, 0) is 48.7 Å². The smallest absolute Gasteiger partial charge is 0.263 e. The average Bonchev–Trinajstić information content (AvgIpc) is 3.15. The average molecular weight is 320 g/mol. The predicted molar refractivity (Wildman–Crippen MR) is 91.2 cm³/mol. The number of rotatable bonds is 2. The van der Waals surface area contributed by atoms with E-state index in [-0.39, 0.29) is 11.5 Å². The van der Waals surface area contributed by atoms with E-state index >= 15 is 0 Å². The molecule has 0 radical (unpaired) electrons. The molecule has 0 saturated carbocycles. The second-order valence-corrected chi connectivity index (χ2v) is 5.78. The zero-order chi connectivity index (χ0) is 16.5. The number of para-hydroxylation sites is 1. The number of amides is 1. The number of aromatic amines is 1. The third kappa shape index (κ3) is 2.44. The van der Waals surface area contributed by atoms with Crippen LogP contribution in [0, 0.1) is 0 Å². The van der Waals surface area contributed by atoms with Gasteiger partial charge < -0.3 is 14.3 Å². The lowest BCUT2D eigenvalue weighted by Gasteiger charge is -2.29. The standard InChI is InChI=1S/C19H16N2O3/c22-18-14(9-10-15(20-18)17-8-4-12-24-17)19(23)21-11-3-6-13-5-1-2-7-16(13)21/h1-2,4-5,7-10,12H,3,6,11H2,(H,20,22). The summed E-state index contributed by atoms with van der Waals surface area (Å²) in [4.78, 5) is 29.7. The summed E-state index contributed by atoms with van der Waals surface area (Å²) in [5.74, 6) is 0.295. The molecule has 4 rings (SSSR count). The van der Waals surface area contributed by atoms with Crippen molar-refractivity contribution in [3.63, 3.8) is 0 Å². The minimum absolute atomic E-state index is 0.141. The van der Waals surface area contributed by atoms with Crippen LogP contribution in [0.3, 0.4) is 0 Å². The Morgan fingerprint density at radius 1 is 1.08 bits per heavy atom. The third-order valence-electron chi connectivity index (χ3n) is 4.28. The number of nitrogens with zero attached hydrogens (tertiary/aromatic N) is 1. The van der Waals surface area contributed by atoms with E-state index in [1.54, 1.807) is 29.2 Å². The van der Waals surface area contributed by atoms with Gasteiger partial charge in [0.05, 0.1) is 12.0 Å². The lowest BCUT2D eigenvalue weighted by atomic mass is 10.0. The number of benzene rings is 1. The number of anilines is 1. The molecule has 2 aromatic heterocycles. The maximum atomic E-state index is 12.9. The van der Waals surface area contributed by atoms with Crippen molar-refractivity contribution in [2.24, 2.45) is 0 Å². The van der Waals surface area contributed by atoms with E-state index in [0.29, 0.717) is 18.0 Å². The summed E-state index contributed by atoms with van der Waals surface area (Å²) in [6.07, 6.45) is 3.39. The predicted octanol–water partition coefficient (Wildman–Crippen LogP) is 3.23. The number of hydrogen-bond acceptors (Lipinski definition) is 3. The van der Waals surface area contributed by atoms with Crippen LogP contribution in [-0.2, 0) is 6.42 Å². The highest BCUT2D eigenvalue weighted by Crippen LogP contribution is 2.27. The Kier molecular flexibility index (Phi) is 3.54. The second kappa shape index (κ2) is 5.85. The largest absolute Gasteiger partial charge is 0.463 e. The molecule has 0 fully saturated rings. The SMILES string of the molecule is O=C(c1ccc(-c2ccco2)[nH]c1=O)N1CCCc2ccccc21. The summed E-state index contributed by atoms with van der Waals surface area (Å²) in [7, 11) is 0. The quantitative estimate of drug-likeness (QED) is 0.788. The Balaban J connectivity index is 1.70. The van der Waals surface area contributed by atoms with Crippen molar-refractivity contribution in [2.45, 2.75) is 12.8 Å². The highest BCUT2D eigenvalue weighted by atomic mass is 16.3. The first-order valence-electron chi connectivity index (χ1n) is 7.91. The number of aromatic nitrogens is 1. The van der Waals surface area contributed by atoms with Crippen LogP contribution in [0.1, 0.15) is 22.3 Å². The van der Waals surface area contributed by atoms with Crippen molar-refractivity contribution in [2.75, 3.05) is 11.4 Å². The first-order valence-corrected chi connectivity index (χ1v) is 7.91. The number of furan rings is 1. The Labute approximate surface area is 138 Å². The van der Waals surface area contributed by atoms with Crippen molar-refractivity contribution in [3.8, 4) is 11.5 Å². The molecule has 3 heterocycles. The van der Waals surface area contributed by atoms with E-state index in [4.69, 9.17) is 4.42 Å². The first-order chi connectivity index (χ1) is 11.7. The van der Waals surface area contributed by atoms with Crippen LogP contribution in [0.5, 0.6) is 0 Å². The molecule has 5 heteroatoms. The zero-order valence-electron chi connectivity index (χ0n) is 13.0. The summed E-state index contributed by atoms with van der Waals surface area (Å²) in [6.45, 7) is 0.620. The van der Waals surface area contributed by atoms with Gasteiger partial charge in [0.25, 0.3) is 11.5 Å². The first kappa shape index (κ1) is 14.5. The molecule has 0 atom stereocenters. The normalized spacial score (nSPS) is 13.6. The van der Waals surface area contributed by atoms with E-state index in [9.17, 15) is 9.59 Å². The van der Waals surface area contributed by atoms with Gasteiger partial charge in [-0.15, -0.1) is 0 Å². The molecule has 1 aliphatic rings. The van der Waals surface area contributed by atoms with Gasteiger partial charge in [0.15, 0.2) is 0 Å². The molecule has 1 amide bonds. The number of carbonyl (C=O) groups is 1. The maximum absolute atomic E-state index is 12.9. The highest BCUT2D eigenvalue weighted by molar-refractivity contribution is 6.06. The molecule has 1 aliphatic heterocycles. The van der Waals surface area contributed by atoms with Crippen molar-refractivity contribution in [1.82, 2.24) is 4.98 Å². The van der Waals surface area contributed by atoms with Crippen molar-refractivity contribution in [1.29, 1.82) is 0 Å². The van der Waals surface area contributed by atoms with Gasteiger partial charge >= 0.3 is 0 Å². The van der Waals surface area contributed by atoms with Gasteiger partial charge in [-0.3, -0.25) is 9.59 Å². The summed E-state index contributed by atoms with van der Waals surface area (Å²) in [5.41, 5.74) is 2.32. The monoisotopic (exact) mass is 320 g/mol. The fourth-order valence-corrected chi connectivity index (χ4v) is 3.11. The van der Waals surface area contributed by atoms with Crippen LogP contribution in [-0.4, -0.2) is 17.4 Å². The third-order valence-corrected chi connectivity index (χ3v) is 4.28. The van der Waals surface area contributed by atoms with Crippen molar-refractivity contribution < 1.29 is 9.21 Å². The fourth-order valence-electron chi connectivity index (χ4n) is 3.11. The molecule has 0 bridgehead atoms. The minimum atomic E-state index is -0.406. The van der Waals surface area contributed by atoms with E-state index in [2.05, 4.69) is 4.98 Å². The molecule has 5 nitrogen and oxygen atoms in total. The molecule has 3 aromatic rings. The molecular weight excluding hydrogens is 304 g/mol. The molecule has 0 aliphatic carbocycles. The Morgan fingerprint density at radius 2 is 1.96 bits per heavy atom. The number of pyridine rings is 1. The maximum Gasteiger partial charge on any atom is 0.263 e. The lowest BCUT2D eigenvalue weighted by Crippen LogP contribution is -2.38. The van der Waals surface area contributed by atoms with E-state index in [1.807, 2.05) is 24.3 Å². The molecule has 1 aromatic carbocycles. The number of hydrogen-bond donors (Lipinski definition) is 1. The van der Waals surface area contributed by atoms with Gasteiger partial charge in [0.1, 0.15) is 11.3 Å². The Bertz CT molecular complexity index is 941. The van der Waals surface area contributed by atoms with Gasteiger partial charge in [0.2, 0.25) is 0 Å². The van der Waals surface area contributed by atoms with E-state index in [1.165, 1.54) is 6.26 Å². The van der Waals surface area contributed by atoms with E-state index in [0.717, 1.165) is 24.1 Å². The highest BCUT2D eigenvalue weighted by Gasteiger charge is 2.25. The molecule has 120 valence electrons. The molecule has 0 spiro atoms. The molecule has 1 N–H and O–H groups in total. The van der Waals surface area contributed by atoms with Crippen LogP contribution in [0.2, 0.25) is 0 Å². The summed E-state index contributed by atoms with van der Waals surface area (Å²) in [5, 5.41) is 0. The lowest BCUT2D eigenvalue weighted by molar-refractivity contribution is 0.0983. The topological polar surface area (TPSA) is 66.3 Å². The number of nitrogens with one attached hydrogen (secondary N) is 1. The van der Waals surface area contributed by atoms with Crippen LogP contribution in [0.4, 0.5) is 5.69 Å². The molecule has 24 heavy (non-hydrogen) atoms. The Hall–Kier alpha value is -3.08. The van der Waals surface area contributed by atoms with Crippen LogP contribution >= 0.6 is 0 Å². The zero-order valence-corrected chi connectivity index (χ0v) is 13.0. The van der Waals surface area contributed by atoms with Gasteiger partial charge in [-0.1, -0.05) is 18.2 Å². The van der Waals surface area contributed by atoms with E-state index < -0.39 is 5.56 Å². The van der Waals surface area contributed by atoms with Crippen LogP contribution in [0.15, 0.2) is 64.0 Å². The van der Waals surface area contributed by atoms with Gasteiger partial charge in [0, 0.05) is 12.2 Å². The van der Waals surface area contributed by atoms with Crippen molar-refractivity contribution >= 4 is 11.6 Å². The van der Waals surface area contributed by atoms with Crippen LogP contribution in [0.25, 0.3) is 11.5 Å². The fraction of sp³-hybridized carbons (Fsp3) is 0.158. The number of aryl methyl sites for hydroxylation is 1. The van der Waals surface area contributed by atoms with Gasteiger partial charge in [-0.2, -0.15) is 0 Å². The molecule has 0 saturated heterocycles. The number of H-pyrrole nitrogens is 1. The summed E-state index contributed by atoms with van der Waals surface area (Å²) >= 11 is 0. The summed E-state index contributed by atoms with van der Waals surface area (Å²) in [6, 6.07) is 14.6. The van der Waals surface area contributed by atoms with Crippen LogP contribution < -0.4 is 10.5 Å². The minimum Gasteiger partial charge on any atom is -0.463 e. The molecule has 0 unspecified atom stereocenters. The summed E-state index contributed by atoms with van der Waals surface area (Å²) < 4.78 is 5.27. The number of carbonyl (C=O) groups excluding carboxylic acids is 1. The molecular formula is C19H16N2O3.